The van der Waals surface area contributed by atoms with Crippen LogP contribution in [0.25, 0.3) is 0 Å². The van der Waals surface area contributed by atoms with E-state index in [1.165, 1.54) is 43.3 Å². The number of amides is 3. The summed E-state index contributed by atoms with van der Waals surface area (Å²) in [6.07, 6.45) is 0.475. The molecule has 9 nitrogen and oxygen atoms in total. The molecule has 1 aliphatic rings. The Bertz CT molecular complexity index is 1050. The number of likely N-dealkylation sites (tertiary alicyclic amines) is 1. The fraction of sp³-hybridized carbons (Fsp3) is 0.250. The van der Waals surface area contributed by atoms with Crippen molar-refractivity contribution in [2.75, 3.05) is 19.5 Å². The normalized spacial score (nSPS) is 14.4. The molecule has 0 bridgehead atoms. The van der Waals surface area contributed by atoms with Crippen molar-refractivity contribution in [2.45, 2.75) is 24.3 Å². The van der Waals surface area contributed by atoms with Gasteiger partial charge in [-0.3, -0.25) is 24.1 Å². The van der Waals surface area contributed by atoms with Gasteiger partial charge < -0.3 is 5.32 Å². The van der Waals surface area contributed by atoms with Crippen LogP contribution in [0.2, 0.25) is 0 Å². The second kappa shape index (κ2) is 8.74. The number of anilines is 1. The molecule has 10 heteroatoms. The fourth-order valence-corrected chi connectivity index (χ4v) is 3.88. The van der Waals surface area contributed by atoms with Crippen molar-refractivity contribution in [3.8, 4) is 0 Å². The van der Waals surface area contributed by atoms with Crippen molar-refractivity contribution in [3.05, 3.63) is 59.7 Å². The predicted octanol–water partition coefficient (Wildman–Crippen LogP) is 1.77. The van der Waals surface area contributed by atoms with Crippen LogP contribution in [0.5, 0.6) is 0 Å². The van der Waals surface area contributed by atoms with E-state index in [9.17, 15) is 22.8 Å². The van der Waals surface area contributed by atoms with Gasteiger partial charge in [0, 0.05) is 31.1 Å². The SMILES string of the molecule is CON(C)S(=O)(=O)c1ccc(NC(=O)c2ccc(CN3C(=O)CCC3=O)cc2)cc1. The predicted molar refractivity (Wildman–Crippen MR) is 108 cm³/mol. The second-order valence-electron chi connectivity index (χ2n) is 6.65. The molecule has 1 fully saturated rings. The molecule has 2 aromatic carbocycles. The van der Waals surface area contributed by atoms with E-state index in [4.69, 9.17) is 4.84 Å². The number of benzene rings is 2. The van der Waals surface area contributed by atoms with Crippen LogP contribution in [-0.2, 0) is 31.0 Å². The molecule has 2 aromatic rings. The fourth-order valence-electron chi connectivity index (χ4n) is 2.90. The van der Waals surface area contributed by atoms with Crippen LogP contribution in [-0.4, -0.2) is 49.7 Å². The lowest BCUT2D eigenvalue weighted by Gasteiger charge is -2.14. The zero-order valence-electron chi connectivity index (χ0n) is 16.5. The first-order valence-corrected chi connectivity index (χ1v) is 10.5. The molecule has 1 aliphatic heterocycles. The van der Waals surface area contributed by atoms with E-state index < -0.39 is 10.0 Å². The number of carbonyl (C=O) groups excluding carboxylic acids is 3. The molecule has 0 atom stereocenters. The summed E-state index contributed by atoms with van der Waals surface area (Å²) in [7, 11) is -1.23. The van der Waals surface area contributed by atoms with E-state index in [1.807, 2.05) is 0 Å². The van der Waals surface area contributed by atoms with E-state index in [-0.39, 0.29) is 42.0 Å². The average Bonchev–Trinajstić information content (AvgIpc) is 3.06. The van der Waals surface area contributed by atoms with Crippen LogP contribution in [0, 0.1) is 0 Å². The molecule has 3 rings (SSSR count). The quantitative estimate of drug-likeness (QED) is 0.528. The van der Waals surface area contributed by atoms with Crippen LogP contribution < -0.4 is 5.32 Å². The van der Waals surface area contributed by atoms with E-state index in [0.717, 1.165) is 10.0 Å². The molecular weight excluding hydrogens is 410 g/mol. The van der Waals surface area contributed by atoms with E-state index in [1.54, 1.807) is 24.3 Å². The number of nitrogens with one attached hydrogen (secondary N) is 1. The maximum atomic E-state index is 12.4. The van der Waals surface area contributed by atoms with Crippen LogP contribution in [0.4, 0.5) is 5.69 Å². The Morgan fingerprint density at radius 3 is 2.13 bits per heavy atom. The largest absolute Gasteiger partial charge is 0.322 e. The molecule has 3 amide bonds. The van der Waals surface area contributed by atoms with Crippen LogP contribution in [0.15, 0.2) is 53.4 Å². The third kappa shape index (κ3) is 4.56. The lowest BCUT2D eigenvalue weighted by molar-refractivity contribution is -0.139. The van der Waals surface area contributed by atoms with Gasteiger partial charge in [0.25, 0.3) is 15.9 Å². The maximum absolute atomic E-state index is 12.4. The molecular formula is C20H21N3O6S. The number of rotatable bonds is 7. The summed E-state index contributed by atoms with van der Waals surface area (Å²) in [6.45, 7) is 0.186. The van der Waals surface area contributed by atoms with E-state index in [0.29, 0.717) is 11.3 Å². The Morgan fingerprint density at radius 2 is 1.60 bits per heavy atom. The lowest BCUT2D eigenvalue weighted by Crippen LogP contribution is -2.28. The minimum Gasteiger partial charge on any atom is -0.322 e. The molecule has 158 valence electrons. The van der Waals surface area contributed by atoms with Crippen molar-refractivity contribution in [3.63, 3.8) is 0 Å². The topological polar surface area (TPSA) is 113 Å². The Labute approximate surface area is 174 Å². The van der Waals surface area contributed by atoms with Gasteiger partial charge in [0.15, 0.2) is 0 Å². The van der Waals surface area contributed by atoms with Crippen molar-refractivity contribution in [1.29, 1.82) is 0 Å². The number of hydrogen-bond acceptors (Lipinski definition) is 6. The van der Waals surface area contributed by atoms with Gasteiger partial charge in [-0.2, -0.15) is 0 Å². The number of imide groups is 1. The number of hydroxylamine groups is 1. The Kier molecular flexibility index (Phi) is 6.30. The molecule has 1 N–H and O–H groups in total. The molecule has 1 heterocycles. The van der Waals surface area contributed by atoms with Gasteiger partial charge in [0.1, 0.15) is 0 Å². The van der Waals surface area contributed by atoms with Crippen LogP contribution in [0.3, 0.4) is 0 Å². The molecule has 0 spiro atoms. The Morgan fingerprint density at radius 1 is 1.03 bits per heavy atom. The summed E-state index contributed by atoms with van der Waals surface area (Å²) in [6, 6.07) is 12.3. The first-order valence-electron chi connectivity index (χ1n) is 9.09. The smallest absolute Gasteiger partial charge is 0.264 e. The van der Waals surface area contributed by atoms with E-state index >= 15 is 0 Å². The van der Waals surface area contributed by atoms with Gasteiger partial charge in [-0.05, 0) is 42.0 Å². The van der Waals surface area contributed by atoms with Gasteiger partial charge in [-0.1, -0.05) is 16.6 Å². The average molecular weight is 431 g/mol. The summed E-state index contributed by atoms with van der Waals surface area (Å²) < 4.78 is 25.1. The van der Waals surface area contributed by atoms with Crippen molar-refractivity contribution < 1.29 is 27.6 Å². The highest BCUT2D eigenvalue weighted by Crippen LogP contribution is 2.19. The molecule has 0 aliphatic carbocycles. The van der Waals surface area contributed by atoms with Crippen LogP contribution in [0.1, 0.15) is 28.8 Å². The number of nitrogens with zero attached hydrogens (tertiary/aromatic N) is 2. The van der Waals surface area contributed by atoms with Gasteiger partial charge >= 0.3 is 0 Å². The summed E-state index contributed by atoms with van der Waals surface area (Å²) in [5.74, 6) is -0.757. The molecule has 0 saturated carbocycles. The van der Waals surface area contributed by atoms with Crippen molar-refractivity contribution in [2.24, 2.45) is 0 Å². The third-order valence-corrected chi connectivity index (χ3v) is 6.41. The molecule has 0 unspecified atom stereocenters. The number of hydrogen-bond donors (Lipinski definition) is 1. The summed E-state index contributed by atoms with van der Waals surface area (Å²) in [5.41, 5.74) is 1.55. The third-order valence-electron chi connectivity index (χ3n) is 4.72. The summed E-state index contributed by atoms with van der Waals surface area (Å²) >= 11 is 0. The van der Waals surface area contributed by atoms with Crippen molar-refractivity contribution >= 4 is 33.4 Å². The first-order chi connectivity index (χ1) is 14.2. The molecule has 1 saturated heterocycles. The number of sulfonamides is 1. The molecule has 0 aromatic heterocycles. The van der Waals surface area contributed by atoms with Gasteiger partial charge in [-0.25, -0.2) is 8.42 Å². The minimum absolute atomic E-state index is 0.0280. The van der Waals surface area contributed by atoms with Gasteiger partial charge in [0.2, 0.25) is 11.8 Å². The highest BCUT2D eigenvalue weighted by Gasteiger charge is 2.28. The lowest BCUT2D eigenvalue weighted by atomic mass is 10.1. The van der Waals surface area contributed by atoms with E-state index in [2.05, 4.69) is 5.32 Å². The van der Waals surface area contributed by atoms with Crippen LogP contribution >= 0.6 is 0 Å². The summed E-state index contributed by atoms with van der Waals surface area (Å²) in [5, 5.41) is 2.69. The van der Waals surface area contributed by atoms with Gasteiger partial charge in [0.05, 0.1) is 18.6 Å². The second-order valence-corrected chi connectivity index (χ2v) is 8.58. The zero-order valence-corrected chi connectivity index (χ0v) is 17.3. The summed E-state index contributed by atoms with van der Waals surface area (Å²) in [4.78, 5) is 41.8. The molecule has 0 radical (unpaired) electrons. The highest BCUT2D eigenvalue weighted by atomic mass is 32.2. The number of carbonyl (C=O) groups is 3. The molecule has 30 heavy (non-hydrogen) atoms. The minimum atomic E-state index is -3.76. The zero-order chi connectivity index (χ0) is 21.9. The van der Waals surface area contributed by atoms with Gasteiger partial charge in [-0.15, -0.1) is 0 Å². The monoisotopic (exact) mass is 431 g/mol. The first kappa shape index (κ1) is 21.6. The highest BCUT2D eigenvalue weighted by molar-refractivity contribution is 7.89. The maximum Gasteiger partial charge on any atom is 0.264 e. The van der Waals surface area contributed by atoms with Crippen molar-refractivity contribution in [1.82, 2.24) is 9.37 Å². The Balaban J connectivity index is 1.65. The Hall–Kier alpha value is -3.08. The standard InChI is InChI=1S/C20H21N3O6S/c1-22(29-2)30(27,28)17-9-7-16(8-10-17)21-20(26)15-5-3-14(4-6-15)13-23-18(24)11-12-19(23)25/h3-10H,11-13H2,1-2H3,(H,21,26).